The van der Waals surface area contributed by atoms with Crippen molar-refractivity contribution in [1.29, 1.82) is 0 Å². The van der Waals surface area contributed by atoms with E-state index < -0.39 is 43.2 Å². The van der Waals surface area contributed by atoms with Crippen molar-refractivity contribution in [2.24, 2.45) is 0 Å². The van der Waals surface area contributed by atoms with Gasteiger partial charge in [-0.3, -0.25) is 4.79 Å². The molecular weight excluding hydrogens is 301 g/mol. The Hall–Kier alpha value is -2.40. The molecular formula is C13H12FNO5S. The Bertz CT molecular complexity index is 721. The third-order valence-electron chi connectivity index (χ3n) is 2.68. The van der Waals surface area contributed by atoms with Gasteiger partial charge in [-0.15, -0.1) is 6.42 Å². The van der Waals surface area contributed by atoms with Crippen molar-refractivity contribution in [2.45, 2.75) is 17.1 Å². The van der Waals surface area contributed by atoms with Gasteiger partial charge in [0.1, 0.15) is 16.0 Å². The van der Waals surface area contributed by atoms with Gasteiger partial charge in [-0.05, 0) is 25.1 Å². The van der Waals surface area contributed by atoms with E-state index in [-0.39, 0.29) is 6.54 Å². The zero-order chi connectivity index (χ0) is 16.2. The molecule has 8 heteroatoms. The summed E-state index contributed by atoms with van der Waals surface area (Å²) >= 11 is 0. The van der Waals surface area contributed by atoms with Crippen LogP contribution in [-0.4, -0.2) is 37.2 Å². The summed E-state index contributed by atoms with van der Waals surface area (Å²) in [6, 6.07) is 2.35. The van der Waals surface area contributed by atoms with Gasteiger partial charge in [-0.1, -0.05) is 5.92 Å². The molecule has 0 saturated heterocycles. The summed E-state index contributed by atoms with van der Waals surface area (Å²) in [4.78, 5) is 21.5. The van der Waals surface area contributed by atoms with E-state index in [1.807, 2.05) is 0 Å². The van der Waals surface area contributed by atoms with E-state index in [4.69, 9.17) is 11.5 Å². The van der Waals surface area contributed by atoms with Crippen molar-refractivity contribution >= 4 is 21.7 Å². The number of halogens is 1. The van der Waals surface area contributed by atoms with Crippen molar-refractivity contribution in [3.05, 3.63) is 29.6 Å². The number of hydrogen-bond acceptors (Lipinski definition) is 4. The van der Waals surface area contributed by atoms with Gasteiger partial charge in [0.25, 0.3) is 0 Å². The van der Waals surface area contributed by atoms with Crippen molar-refractivity contribution in [3.8, 4) is 12.3 Å². The van der Waals surface area contributed by atoms with E-state index in [1.165, 1.54) is 0 Å². The fraction of sp³-hybridized carbons (Fsp3) is 0.231. The molecule has 0 aliphatic carbocycles. The summed E-state index contributed by atoms with van der Waals surface area (Å²) in [5, 5.41) is 9.33. The maximum Gasteiger partial charge on any atom is 0.335 e. The average Bonchev–Trinajstić information content (AvgIpc) is 2.43. The maximum atomic E-state index is 13.8. The van der Waals surface area contributed by atoms with E-state index in [0.29, 0.717) is 6.07 Å². The van der Waals surface area contributed by atoms with Crippen LogP contribution in [0.3, 0.4) is 0 Å². The average molecular weight is 313 g/mol. The van der Waals surface area contributed by atoms with Crippen molar-refractivity contribution in [2.75, 3.05) is 6.54 Å². The second-order valence-electron chi connectivity index (χ2n) is 4.06. The number of carbonyl (C=O) groups excluding carboxylic acids is 1. The Morgan fingerprint density at radius 2 is 2.10 bits per heavy atom. The van der Waals surface area contributed by atoms with Gasteiger partial charge in [0.15, 0.2) is 9.84 Å². The lowest BCUT2D eigenvalue weighted by atomic mass is 10.2. The van der Waals surface area contributed by atoms with Crippen molar-refractivity contribution in [3.63, 3.8) is 0 Å². The predicted octanol–water partition coefficient (Wildman–Crippen LogP) is 0.435. The number of carboxylic acids is 1. The van der Waals surface area contributed by atoms with Crippen LogP contribution in [0.15, 0.2) is 23.1 Å². The molecule has 6 nitrogen and oxygen atoms in total. The highest BCUT2D eigenvalue weighted by atomic mass is 32.2. The molecule has 0 radical (unpaired) electrons. The Labute approximate surface area is 120 Å². The van der Waals surface area contributed by atoms with Crippen LogP contribution in [0.5, 0.6) is 0 Å². The molecule has 0 fully saturated rings. The molecule has 0 heterocycles. The molecule has 1 rings (SSSR count). The normalized spacial score (nSPS) is 12.2. The highest BCUT2D eigenvalue weighted by Crippen LogP contribution is 2.21. The predicted molar refractivity (Wildman–Crippen MR) is 71.8 cm³/mol. The van der Waals surface area contributed by atoms with Crippen molar-refractivity contribution < 1.29 is 27.5 Å². The molecule has 0 aromatic heterocycles. The number of aromatic carboxylic acids is 1. The molecule has 1 unspecified atom stereocenters. The first-order valence-corrected chi connectivity index (χ1v) is 7.24. The third kappa shape index (κ3) is 3.58. The second-order valence-corrected chi connectivity index (χ2v) is 6.30. The fourth-order valence-electron chi connectivity index (χ4n) is 1.48. The van der Waals surface area contributed by atoms with Gasteiger partial charge >= 0.3 is 5.97 Å². The van der Waals surface area contributed by atoms with Gasteiger partial charge in [0.2, 0.25) is 5.91 Å². The summed E-state index contributed by atoms with van der Waals surface area (Å²) in [7, 11) is -4.29. The Balaban J connectivity index is 3.17. The van der Waals surface area contributed by atoms with E-state index in [0.717, 1.165) is 19.1 Å². The molecule has 0 aliphatic rings. The van der Waals surface area contributed by atoms with Crippen LogP contribution in [-0.2, 0) is 14.6 Å². The molecule has 0 saturated carbocycles. The number of carboxylic acid groups (broad SMARTS) is 1. The number of benzene rings is 1. The number of amides is 1. The van der Waals surface area contributed by atoms with Gasteiger partial charge in [-0.25, -0.2) is 17.6 Å². The Kier molecular flexibility index (Phi) is 5.05. The van der Waals surface area contributed by atoms with E-state index in [2.05, 4.69) is 11.2 Å². The number of rotatable bonds is 5. The highest BCUT2D eigenvalue weighted by Gasteiger charge is 2.32. The minimum atomic E-state index is -4.29. The lowest BCUT2D eigenvalue weighted by Gasteiger charge is -2.13. The van der Waals surface area contributed by atoms with Gasteiger partial charge in [0, 0.05) is 0 Å². The van der Waals surface area contributed by atoms with E-state index in [1.54, 1.807) is 0 Å². The first kappa shape index (κ1) is 16.7. The molecule has 112 valence electrons. The van der Waals surface area contributed by atoms with Crippen LogP contribution in [0, 0.1) is 18.2 Å². The minimum Gasteiger partial charge on any atom is -0.478 e. The van der Waals surface area contributed by atoms with Crippen LogP contribution in [0.2, 0.25) is 0 Å². The molecule has 0 spiro atoms. The summed E-state index contributed by atoms with van der Waals surface area (Å²) in [5.74, 6) is -1.38. The monoisotopic (exact) mass is 313 g/mol. The number of carbonyl (C=O) groups is 2. The van der Waals surface area contributed by atoms with E-state index >= 15 is 0 Å². The number of terminal acetylenes is 1. The third-order valence-corrected chi connectivity index (χ3v) is 4.77. The van der Waals surface area contributed by atoms with Crippen LogP contribution >= 0.6 is 0 Å². The molecule has 1 aromatic rings. The molecule has 0 aliphatic heterocycles. The zero-order valence-corrected chi connectivity index (χ0v) is 11.8. The molecule has 0 bridgehead atoms. The quantitative estimate of drug-likeness (QED) is 0.768. The molecule has 1 atom stereocenters. The smallest absolute Gasteiger partial charge is 0.335 e. The van der Waals surface area contributed by atoms with Crippen LogP contribution in [0.1, 0.15) is 17.3 Å². The van der Waals surface area contributed by atoms with Gasteiger partial charge in [0.05, 0.1) is 12.1 Å². The SMILES string of the molecule is C#CCNC(=O)C(C)S(=O)(=O)c1ccc(C(=O)O)cc1F. The largest absolute Gasteiger partial charge is 0.478 e. The van der Waals surface area contributed by atoms with Gasteiger partial charge < -0.3 is 10.4 Å². The molecule has 2 N–H and O–H groups in total. The number of hydrogen-bond donors (Lipinski definition) is 2. The lowest BCUT2D eigenvalue weighted by Crippen LogP contribution is -2.38. The standard InChI is InChI=1S/C13H12FNO5S/c1-3-6-15-12(16)8(2)21(19,20)11-5-4-9(13(17)18)7-10(11)14/h1,4-5,7-8H,6H2,2H3,(H,15,16)(H,17,18). The molecule has 1 amide bonds. The van der Waals surface area contributed by atoms with E-state index in [9.17, 15) is 22.4 Å². The topological polar surface area (TPSA) is 101 Å². The fourth-order valence-corrected chi connectivity index (χ4v) is 2.81. The number of nitrogens with one attached hydrogen (secondary N) is 1. The molecule has 21 heavy (non-hydrogen) atoms. The zero-order valence-electron chi connectivity index (χ0n) is 11.0. The highest BCUT2D eigenvalue weighted by molar-refractivity contribution is 7.92. The van der Waals surface area contributed by atoms with Crippen molar-refractivity contribution in [1.82, 2.24) is 5.32 Å². The van der Waals surface area contributed by atoms with Crippen LogP contribution in [0.25, 0.3) is 0 Å². The maximum absolute atomic E-state index is 13.8. The van der Waals surface area contributed by atoms with Crippen LogP contribution in [0.4, 0.5) is 4.39 Å². The second kappa shape index (κ2) is 6.37. The summed E-state index contributed by atoms with van der Waals surface area (Å²) < 4.78 is 38.1. The van der Waals surface area contributed by atoms with Crippen LogP contribution < -0.4 is 5.32 Å². The summed E-state index contributed by atoms with van der Waals surface area (Å²) in [6.07, 6.45) is 4.94. The molecule has 1 aromatic carbocycles. The first-order chi connectivity index (χ1) is 9.71. The Morgan fingerprint density at radius 3 is 2.57 bits per heavy atom. The van der Waals surface area contributed by atoms with Gasteiger partial charge in [-0.2, -0.15) is 0 Å². The first-order valence-electron chi connectivity index (χ1n) is 5.69. The number of sulfone groups is 1. The summed E-state index contributed by atoms with van der Waals surface area (Å²) in [5.41, 5.74) is -0.393. The summed E-state index contributed by atoms with van der Waals surface area (Å²) in [6.45, 7) is 0.935. The minimum absolute atomic E-state index is 0.154. The Morgan fingerprint density at radius 1 is 1.48 bits per heavy atom. The lowest BCUT2D eigenvalue weighted by molar-refractivity contribution is -0.120.